The summed E-state index contributed by atoms with van der Waals surface area (Å²) in [6, 6.07) is 7.54. The third kappa shape index (κ3) is 10.2. The maximum absolute atomic E-state index is 12.0. The van der Waals surface area contributed by atoms with Crippen molar-refractivity contribution in [3.63, 3.8) is 0 Å². The van der Waals surface area contributed by atoms with E-state index >= 15 is 0 Å². The molecule has 4 nitrogen and oxygen atoms in total. The van der Waals surface area contributed by atoms with Crippen LogP contribution in [0, 0.1) is 0 Å². The molecule has 0 aliphatic rings. The number of benzene rings is 1. The van der Waals surface area contributed by atoms with Gasteiger partial charge in [0.25, 0.3) is 5.91 Å². The standard InChI is InChI=1S/C22H35NO3/c1-3-5-7-8-9-10-11-12-13-19-15-17-20(18-16-19)22(25)23-26-21(24)14-6-4-2/h15-18H,3-14H2,1-2H3,(H,23,25). The molecule has 1 rings (SSSR count). The second-order valence-corrected chi connectivity index (χ2v) is 6.93. The monoisotopic (exact) mass is 361 g/mol. The lowest BCUT2D eigenvalue weighted by molar-refractivity contribution is -0.149. The molecule has 0 saturated heterocycles. The number of nitrogens with one attached hydrogen (secondary N) is 1. The number of amides is 1. The van der Waals surface area contributed by atoms with Crippen molar-refractivity contribution in [3.8, 4) is 0 Å². The highest BCUT2D eigenvalue weighted by Crippen LogP contribution is 2.12. The number of carbonyl (C=O) groups is 2. The molecule has 1 amide bonds. The summed E-state index contributed by atoms with van der Waals surface area (Å²) >= 11 is 0. The van der Waals surface area contributed by atoms with Gasteiger partial charge in [0.05, 0.1) is 0 Å². The van der Waals surface area contributed by atoms with Crippen molar-refractivity contribution in [2.75, 3.05) is 0 Å². The third-order valence-electron chi connectivity index (χ3n) is 4.53. The Morgan fingerprint density at radius 3 is 2.00 bits per heavy atom. The largest absolute Gasteiger partial charge is 0.341 e. The second-order valence-electron chi connectivity index (χ2n) is 6.93. The molecule has 146 valence electrons. The van der Waals surface area contributed by atoms with E-state index in [0.29, 0.717) is 12.0 Å². The van der Waals surface area contributed by atoms with E-state index < -0.39 is 5.97 Å². The second kappa shape index (κ2) is 14.3. The van der Waals surface area contributed by atoms with Gasteiger partial charge in [0.15, 0.2) is 0 Å². The van der Waals surface area contributed by atoms with Crippen LogP contribution < -0.4 is 5.48 Å². The number of aryl methyl sites for hydroxylation is 1. The average molecular weight is 362 g/mol. The lowest BCUT2D eigenvalue weighted by atomic mass is 10.0. The van der Waals surface area contributed by atoms with Gasteiger partial charge in [-0.25, -0.2) is 4.79 Å². The van der Waals surface area contributed by atoms with Crippen LogP contribution in [0.15, 0.2) is 24.3 Å². The first-order valence-electron chi connectivity index (χ1n) is 10.3. The fourth-order valence-corrected chi connectivity index (χ4v) is 2.82. The van der Waals surface area contributed by atoms with E-state index in [1.807, 2.05) is 19.1 Å². The zero-order valence-corrected chi connectivity index (χ0v) is 16.5. The minimum absolute atomic E-state index is 0.328. The zero-order chi connectivity index (χ0) is 19.0. The summed E-state index contributed by atoms with van der Waals surface area (Å²) in [6.45, 7) is 4.25. The van der Waals surface area contributed by atoms with Gasteiger partial charge in [-0.3, -0.25) is 4.79 Å². The number of hydrogen-bond acceptors (Lipinski definition) is 3. The van der Waals surface area contributed by atoms with Gasteiger partial charge in [-0.2, -0.15) is 5.48 Å². The maximum Gasteiger partial charge on any atom is 0.332 e. The molecule has 0 aromatic heterocycles. The maximum atomic E-state index is 12.0. The Bertz CT molecular complexity index is 511. The molecular formula is C22H35NO3. The van der Waals surface area contributed by atoms with Gasteiger partial charge in [0.1, 0.15) is 0 Å². The fourth-order valence-electron chi connectivity index (χ4n) is 2.82. The Morgan fingerprint density at radius 1 is 0.808 bits per heavy atom. The summed E-state index contributed by atoms with van der Waals surface area (Å²) in [5.74, 6) is -0.778. The highest BCUT2D eigenvalue weighted by atomic mass is 16.7. The van der Waals surface area contributed by atoms with Crippen LogP contribution in [-0.2, 0) is 16.1 Å². The van der Waals surface area contributed by atoms with E-state index in [1.54, 1.807) is 12.1 Å². The van der Waals surface area contributed by atoms with E-state index in [9.17, 15) is 9.59 Å². The predicted octanol–water partition coefficient (Wildman–Crippen LogP) is 5.75. The number of unbranched alkanes of at least 4 members (excludes halogenated alkanes) is 8. The number of carbonyl (C=O) groups excluding carboxylic acids is 2. The minimum atomic E-state index is -0.397. The van der Waals surface area contributed by atoms with Gasteiger partial charge >= 0.3 is 5.97 Å². The van der Waals surface area contributed by atoms with Crippen molar-refractivity contribution in [2.24, 2.45) is 0 Å². The number of hydrogen-bond donors (Lipinski definition) is 1. The van der Waals surface area contributed by atoms with E-state index in [2.05, 4.69) is 12.4 Å². The lowest BCUT2D eigenvalue weighted by Crippen LogP contribution is -2.26. The molecule has 0 aliphatic heterocycles. The zero-order valence-electron chi connectivity index (χ0n) is 16.5. The van der Waals surface area contributed by atoms with Crippen molar-refractivity contribution in [1.29, 1.82) is 0 Å². The Hall–Kier alpha value is -1.84. The van der Waals surface area contributed by atoms with Gasteiger partial charge in [0.2, 0.25) is 0 Å². The summed E-state index contributed by atoms with van der Waals surface area (Å²) in [4.78, 5) is 28.1. The van der Waals surface area contributed by atoms with Crippen LogP contribution in [0.25, 0.3) is 0 Å². The molecule has 0 unspecified atom stereocenters. The van der Waals surface area contributed by atoms with Crippen molar-refractivity contribution >= 4 is 11.9 Å². The summed E-state index contributed by atoms with van der Waals surface area (Å²) in [6.07, 6.45) is 13.6. The van der Waals surface area contributed by atoms with Crippen LogP contribution in [-0.4, -0.2) is 11.9 Å². The molecule has 1 aromatic carbocycles. The molecule has 0 bridgehead atoms. The minimum Gasteiger partial charge on any atom is -0.341 e. The highest BCUT2D eigenvalue weighted by Gasteiger charge is 2.08. The van der Waals surface area contributed by atoms with Gasteiger partial charge in [-0.15, -0.1) is 0 Å². The molecule has 0 saturated carbocycles. The summed E-state index contributed by atoms with van der Waals surface area (Å²) in [5, 5.41) is 0. The smallest absolute Gasteiger partial charge is 0.332 e. The van der Waals surface area contributed by atoms with Crippen LogP contribution in [0.4, 0.5) is 0 Å². The normalized spacial score (nSPS) is 10.5. The van der Waals surface area contributed by atoms with E-state index in [0.717, 1.165) is 19.3 Å². The summed E-state index contributed by atoms with van der Waals surface area (Å²) in [7, 11) is 0. The Morgan fingerprint density at radius 2 is 1.38 bits per heavy atom. The first kappa shape index (κ1) is 22.2. The van der Waals surface area contributed by atoms with Crippen LogP contribution >= 0.6 is 0 Å². The quantitative estimate of drug-likeness (QED) is 0.359. The fraction of sp³-hybridized carbons (Fsp3) is 0.636. The molecule has 0 radical (unpaired) electrons. The van der Waals surface area contributed by atoms with Crippen molar-refractivity contribution in [3.05, 3.63) is 35.4 Å². The number of hydroxylamine groups is 1. The third-order valence-corrected chi connectivity index (χ3v) is 4.53. The van der Waals surface area contributed by atoms with E-state index in [1.165, 1.54) is 56.9 Å². The van der Waals surface area contributed by atoms with E-state index in [-0.39, 0.29) is 5.91 Å². The summed E-state index contributed by atoms with van der Waals surface area (Å²) < 4.78 is 0. The topological polar surface area (TPSA) is 55.4 Å². The first-order chi connectivity index (χ1) is 12.7. The molecule has 1 aromatic rings. The van der Waals surface area contributed by atoms with Crippen LogP contribution in [0.5, 0.6) is 0 Å². The molecule has 26 heavy (non-hydrogen) atoms. The summed E-state index contributed by atoms with van der Waals surface area (Å²) in [5.41, 5.74) is 3.97. The Balaban J connectivity index is 2.20. The molecule has 0 atom stereocenters. The van der Waals surface area contributed by atoms with Gasteiger partial charge in [0, 0.05) is 12.0 Å². The van der Waals surface area contributed by atoms with Gasteiger partial charge < -0.3 is 4.84 Å². The average Bonchev–Trinajstić information content (AvgIpc) is 2.67. The Labute approximate surface area is 158 Å². The van der Waals surface area contributed by atoms with Crippen LogP contribution in [0.1, 0.15) is 100 Å². The molecule has 0 aliphatic carbocycles. The molecule has 1 N–H and O–H groups in total. The van der Waals surface area contributed by atoms with Crippen molar-refractivity contribution < 1.29 is 14.4 Å². The van der Waals surface area contributed by atoms with Crippen molar-refractivity contribution in [2.45, 2.75) is 90.9 Å². The van der Waals surface area contributed by atoms with Gasteiger partial charge in [-0.05, 0) is 37.0 Å². The number of rotatable bonds is 13. The molecular weight excluding hydrogens is 326 g/mol. The molecule has 0 spiro atoms. The lowest BCUT2D eigenvalue weighted by Gasteiger charge is -2.07. The van der Waals surface area contributed by atoms with Crippen LogP contribution in [0.3, 0.4) is 0 Å². The molecule has 4 heteroatoms. The van der Waals surface area contributed by atoms with Gasteiger partial charge in [-0.1, -0.05) is 77.3 Å². The first-order valence-corrected chi connectivity index (χ1v) is 10.3. The Kier molecular flexibility index (Phi) is 12.2. The highest BCUT2D eigenvalue weighted by molar-refractivity contribution is 5.94. The van der Waals surface area contributed by atoms with E-state index in [4.69, 9.17) is 4.84 Å². The van der Waals surface area contributed by atoms with Crippen LogP contribution in [0.2, 0.25) is 0 Å². The molecule has 0 fully saturated rings. The van der Waals surface area contributed by atoms with Crippen molar-refractivity contribution in [1.82, 2.24) is 5.48 Å². The predicted molar refractivity (Wildman–Crippen MR) is 106 cm³/mol. The SMILES string of the molecule is CCCCCCCCCCc1ccc(C(=O)NOC(=O)CCCC)cc1. The molecule has 0 heterocycles.